The summed E-state index contributed by atoms with van der Waals surface area (Å²) in [6.07, 6.45) is -2.84. The number of carboxylic acids is 1. The van der Waals surface area contributed by atoms with Gasteiger partial charge in [-0.2, -0.15) is 13.2 Å². The number of imide groups is 1. The number of quaternary nitrogens is 1. The van der Waals surface area contributed by atoms with Crippen LogP contribution in [0.4, 0.5) is 22.4 Å². The van der Waals surface area contributed by atoms with Gasteiger partial charge >= 0.3 is 18.2 Å². The van der Waals surface area contributed by atoms with Crippen LogP contribution >= 0.6 is 11.6 Å². The van der Waals surface area contributed by atoms with Crippen LogP contribution in [0.5, 0.6) is 0 Å². The lowest BCUT2D eigenvalue weighted by atomic mass is 9.72. The number of rotatable bonds is 12. The van der Waals surface area contributed by atoms with Gasteiger partial charge in [-0.05, 0) is 86.7 Å². The van der Waals surface area contributed by atoms with Crippen molar-refractivity contribution in [2.75, 3.05) is 26.2 Å². The molecule has 0 radical (unpaired) electrons. The first-order chi connectivity index (χ1) is 23.8. The van der Waals surface area contributed by atoms with E-state index in [1.54, 1.807) is 12.1 Å². The van der Waals surface area contributed by atoms with Gasteiger partial charge in [0.15, 0.2) is 17.5 Å². The zero-order valence-corrected chi connectivity index (χ0v) is 28.0. The number of nitrogens with one attached hydrogen (secondary N) is 2. The third kappa shape index (κ3) is 6.96. The topological polar surface area (TPSA) is 112 Å². The summed E-state index contributed by atoms with van der Waals surface area (Å²) < 4.78 is 63.9. The maximum Gasteiger partial charge on any atom is 0.431 e. The molecule has 9 nitrogen and oxygen atoms in total. The van der Waals surface area contributed by atoms with Crippen molar-refractivity contribution in [2.45, 2.75) is 63.8 Å². The summed E-state index contributed by atoms with van der Waals surface area (Å²) in [5, 5.41) is 15.8. The number of fused-ring (bicyclic) bond motifs is 1. The summed E-state index contributed by atoms with van der Waals surface area (Å²) in [5.41, 5.74) is -1.06. The number of hydrogen-bond donors (Lipinski definition) is 3. The highest BCUT2D eigenvalue weighted by molar-refractivity contribution is 6.28. The average Bonchev–Trinajstić information content (AvgIpc) is 3.66. The van der Waals surface area contributed by atoms with E-state index in [-0.39, 0.29) is 49.9 Å². The number of benzene rings is 2. The van der Waals surface area contributed by atoms with Crippen LogP contribution < -0.4 is 10.6 Å². The van der Waals surface area contributed by atoms with E-state index in [4.69, 9.17) is 16.0 Å². The quantitative estimate of drug-likeness (QED) is 0.103. The van der Waals surface area contributed by atoms with Crippen molar-refractivity contribution in [2.24, 2.45) is 5.41 Å². The lowest BCUT2D eigenvalue weighted by Gasteiger charge is -2.45. The van der Waals surface area contributed by atoms with Crippen LogP contribution in [0.1, 0.15) is 67.0 Å². The minimum absolute atomic E-state index is 0.00238. The fraction of sp³-hybridized carbons (Fsp3) is 0.417. The van der Waals surface area contributed by atoms with Gasteiger partial charge in [0.1, 0.15) is 18.1 Å². The molecule has 2 aliphatic heterocycles. The third-order valence-electron chi connectivity index (χ3n) is 10.2. The zero-order valence-electron chi connectivity index (χ0n) is 27.2. The number of carbonyl (C=O) groups excluding carboxylic acids is 2. The summed E-state index contributed by atoms with van der Waals surface area (Å²) in [4.78, 5) is 42.3. The monoisotopic (exact) mass is 717 g/mol. The molecule has 1 unspecified atom stereocenters. The van der Waals surface area contributed by atoms with Crippen molar-refractivity contribution in [3.8, 4) is 0 Å². The molecule has 1 spiro atoms. The van der Waals surface area contributed by atoms with Gasteiger partial charge in [0, 0.05) is 18.3 Å². The van der Waals surface area contributed by atoms with Gasteiger partial charge in [-0.15, -0.1) is 0 Å². The number of urea groups is 1. The van der Waals surface area contributed by atoms with E-state index < -0.39 is 63.5 Å². The van der Waals surface area contributed by atoms with Gasteiger partial charge in [0.2, 0.25) is 0 Å². The number of piperidine rings is 1. The highest BCUT2D eigenvalue weighted by atomic mass is 35.5. The predicted octanol–water partition coefficient (Wildman–Crippen LogP) is 7.18. The minimum Gasteiger partial charge on any atom is -0.481 e. The normalized spacial score (nSPS) is 21.2. The first kappa shape index (κ1) is 35.8. The molecule has 3 heterocycles. The summed E-state index contributed by atoms with van der Waals surface area (Å²) in [6, 6.07) is 13.2. The minimum atomic E-state index is -4.93. The van der Waals surface area contributed by atoms with Crippen LogP contribution in [0.25, 0.3) is 0 Å². The standard InChI is InChI=1S/C36H37ClF4N4O5/c37-30-12-11-24(50-30)21-45(22-25-26(36(39,40)41)8-4-9-27(25)38)29-13-14-35(15-18-42-19-16-35)32(29)33(48)44(34(45)49)20-28(23-6-2-1-3-7-23)43-17-5-10-31(46)47/h1-4,6-9,11-12,28,42-43H,5,10,13-22H2/p+1/t28?,45-/m0/s1. The number of carbonyl (C=O) groups is 3. The second-order valence-corrected chi connectivity index (χ2v) is 13.6. The van der Waals surface area contributed by atoms with Crippen molar-refractivity contribution in [1.29, 1.82) is 0 Å². The largest absolute Gasteiger partial charge is 0.481 e. The number of amides is 3. The summed E-state index contributed by atoms with van der Waals surface area (Å²) in [7, 11) is 0. The van der Waals surface area contributed by atoms with Crippen molar-refractivity contribution >= 4 is 29.5 Å². The molecule has 3 amide bonds. The number of allylic oxidation sites excluding steroid dienone is 1. The molecule has 0 saturated carbocycles. The number of furan rings is 1. The Hall–Kier alpha value is -4.04. The number of carboxylic acid groups (broad SMARTS) is 1. The van der Waals surface area contributed by atoms with E-state index in [9.17, 15) is 27.9 Å². The molecule has 2 aromatic carbocycles. The molecule has 3 aliphatic rings. The van der Waals surface area contributed by atoms with Crippen molar-refractivity contribution < 1.29 is 46.0 Å². The second kappa shape index (κ2) is 14.3. The molecule has 1 saturated heterocycles. The lowest BCUT2D eigenvalue weighted by molar-refractivity contribution is -0.846. The van der Waals surface area contributed by atoms with Gasteiger partial charge in [-0.25, -0.2) is 18.6 Å². The number of aliphatic carboxylic acids is 1. The molecule has 50 heavy (non-hydrogen) atoms. The van der Waals surface area contributed by atoms with E-state index in [0.29, 0.717) is 43.6 Å². The van der Waals surface area contributed by atoms with E-state index in [1.165, 1.54) is 12.1 Å². The van der Waals surface area contributed by atoms with E-state index in [0.717, 1.165) is 28.7 Å². The summed E-state index contributed by atoms with van der Waals surface area (Å²) >= 11 is 6.13. The van der Waals surface area contributed by atoms with Gasteiger partial charge in [-0.3, -0.25) is 9.59 Å². The lowest BCUT2D eigenvalue weighted by Crippen LogP contribution is -2.63. The van der Waals surface area contributed by atoms with E-state index in [1.807, 2.05) is 18.2 Å². The Morgan fingerprint density at radius 3 is 2.44 bits per heavy atom. The molecule has 1 aromatic heterocycles. The molecule has 14 heteroatoms. The molecule has 1 fully saturated rings. The van der Waals surface area contributed by atoms with E-state index >= 15 is 9.18 Å². The third-order valence-corrected chi connectivity index (χ3v) is 10.4. The van der Waals surface area contributed by atoms with Crippen LogP contribution in [0.3, 0.4) is 0 Å². The summed E-state index contributed by atoms with van der Waals surface area (Å²) in [6.45, 7) is 0.223. The Balaban J connectivity index is 1.52. The number of halogens is 5. The van der Waals surface area contributed by atoms with Crippen molar-refractivity contribution in [1.82, 2.24) is 15.5 Å². The molecule has 3 N–H and O–H groups in total. The van der Waals surface area contributed by atoms with Gasteiger partial charge in [-0.1, -0.05) is 36.4 Å². The number of nitrogens with zero attached hydrogens (tertiary/aromatic N) is 2. The number of alkyl halides is 3. The number of hydrogen-bond acceptors (Lipinski definition) is 6. The molecular formula is C36H38ClF4N4O5+. The smallest absolute Gasteiger partial charge is 0.431 e. The average molecular weight is 718 g/mol. The Morgan fingerprint density at radius 1 is 1.04 bits per heavy atom. The maximum absolute atomic E-state index is 15.7. The molecule has 0 bridgehead atoms. The van der Waals surface area contributed by atoms with Crippen LogP contribution in [0.15, 0.2) is 76.4 Å². The maximum atomic E-state index is 15.7. The van der Waals surface area contributed by atoms with Crippen LogP contribution in [0.2, 0.25) is 5.22 Å². The van der Waals surface area contributed by atoms with Crippen LogP contribution in [-0.2, 0) is 28.9 Å². The Morgan fingerprint density at radius 2 is 1.78 bits per heavy atom. The first-order valence-electron chi connectivity index (χ1n) is 16.6. The Labute approximate surface area is 291 Å². The SMILES string of the molecule is O=C(O)CCCNC(CN1C(=O)C2=C(CCC23CCNCC3)[N@+](Cc2ccc(Cl)o2)(Cc2c(F)cccc2C(F)(F)F)C1=O)c1ccccc1. The molecule has 1 aliphatic carbocycles. The Bertz CT molecular complexity index is 1790. The van der Waals surface area contributed by atoms with Crippen molar-refractivity contribution in [3.63, 3.8) is 0 Å². The molecule has 6 rings (SSSR count). The van der Waals surface area contributed by atoms with Crippen molar-refractivity contribution in [3.05, 3.63) is 105 Å². The van der Waals surface area contributed by atoms with Gasteiger partial charge < -0.3 is 20.2 Å². The first-order valence-corrected chi connectivity index (χ1v) is 17.0. The molecular weight excluding hydrogens is 680 g/mol. The highest BCUT2D eigenvalue weighted by Gasteiger charge is 2.61. The second-order valence-electron chi connectivity index (χ2n) is 13.2. The molecule has 2 atom stereocenters. The van der Waals surface area contributed by atoms with Crippen LogP contribution in [-0.4, -0.2) is 58.6 Å². The predicted molar refractivity (Wildman–Crippen MR) is 175 cm³/mol. The van der Waals surface area contributed by atoms with Gasteiger partial charge in [0.05, 0.1) is 29.3 Å². The van der Waals surface area contributed by atoms with Gasteiger partial charge in [0.25, 0.3) is 5.91 Å². The zero-order chi connectivity index (χ0) is 35.7. The molecule has 266 valence electrons. The van der Waals surface area contributed by atoms with E-state index in [2.05, 4.69) is 10.6 Å². The fourth-order valence-electron chi connectivity index (χ4n) is 7.84. The fourth-order valence-corrected chi connectivity index (χ4v) is 8.00. The van der Waals surface area contributed by atoms with Crippen LogP contribution in [0, 0.1) is 11.2 Å². The highest BCUT2D eigenvalue weighted by Crippen LogP contribution is 2.55. The Kier molecular flexibility index (Phi) is 10.2. The summed E-state index contributed by atoms with van der Waals surface area (Å²) in [5.74, 6) is -2.42. The molecule has 3 aromatic rings.